The molecule has 5 heteroatoms. The average molecular weight is 305 g/mol. The van der Waals surface area contributed by atoms with Crippen LogP contribution in [0, 0.1) is 0 Å². The fourth-order valence-corrected chi connectivity index (χ4v) is 3.13. The van der Waals surface area contributed by atoms with E-state index in [0.29, 0.717) is 6.54 Å². The second-order valence-electron chi connectivity index (χ2n) is 6.10. The standard InChI is InChI=1S/C17H31N5/c1-2-3-6-11-22(12-7-10-18)16-13-8-4-5-9-14(13)21-17(20)15(16)19/h4,8,17,21H,2-3,5-7,9-12,18-20H2,1H3. The van der Waals surface area contributed by atoms with Crippen molar-refractivity contribution in [2.75, 3.05) is 19.6 Å². The third-order valence-electron chi connectivity index (χ3n) is 4.34. The van der Waals surface area contributed by atoms with Crippen LogP contribution in [0.15, 0.2) is 34.8 Å². The van der Waals surface area contributed by atoms with Crippen molar-refractivity contribution in [2.24, 2.45) is 17.2 Å². The molecule has 0 saturated heterocycles. The van der Waals surface area contributed by atoms with Crippen molar-refractivity contribution in [1.29, 1.82) is 0 Å². The Morgan fingerprint density at radius 3 is 2.77 bits per heavy atom. The molecule has 1 atom stereocenters. The summed E-state index contributed by atoms with van der Waals surface area (Å²) in [6, 6.07) is 0. The van der Waals surface area contributed by atoms with Gasteiger partial charge >= 0.3 is 0 Å². The van der Waals surface area contributed by atoms with Gasteiger partial charge in [0, 0.05) is 24.4 Å². The van der Waals surface area contributed by atoms with E-state index in [1.54, 1.807) is 0 Å². The van der Waals surface area contributed by atoms with Crippen LogP contribution in [0.4, 0.5) is 0 Å². The Morgan fingerprint density at radius 1 is 1.27 bits per heavy atom. The molecule has 0 spiro atoms. The van der Waals surface area contributed by atoms with Crippen molar-refractivity contribution in [3.8, 4) is 0 Å². The smallest absolute Gasteiger partial charge is 0.117 e. The zero-order chi connectivity index (χ0) is 15.9. The van der Waals surface area contributed by atoms with Gasteiger partial charge in [-0.2, -0.15) is 0 Å². The van der Waals surface area contributed by atoms with Gasteiger partial charge in [-0.3, -0.25) is 0 Å². The zero-order valence-corrected chi connectivity index (χ0v) is 13.8. The molecule has 2 rings (SSSR count). The maximum atomic E-state index is 6.36. The normalized spacial score (nSPS) is 21.0. The quantitative estimate of drug-likeness (QED) is 0.510. The summed E-state index contributed by atoms with van der Waals surface area (Å²) in [6.45, 7) is 4.88. The van der Waals surface area contributed by atoms with Crippen LogP contribution in [0.2, 0.25) is 0 Å². The van der Waals surface area contributed by atoms with Gasteiger partial charge in [-0.15, -0.1) is 0 Å². The minimum atomic E-state index is -0.285. The second-order valence-corrected chi connectivity index (χ2v) is 6.10. The van der Waals surface area contributed by atoms with Gasteiger partial charge in [-0.25, -0.2) is 0 Å². The van der Waals surface area contributed by atoms with E-state index in [9.17, 15) is 0 Å². The van der Waals surface area contributed by atoms with Gasteiger partial charge in [0.1, 0.15) is 6.17 Å². The van der Waals surface area contributed by atoms with Crippen molar-refractivity contribution >= 4 is 0 Å². The Balaban J connectivity index is 2.26. The van der Waals surface area contributed by atoms with Crippen LogP contribution < -0.4 is 22.5 Å². The van der Waals surface area contributed by atoms with Gasteiger partial charge < -0.3 is 27.4 Å². The monoisotopic (exact) mass is 305 g/mol. The number of hydrogen-bond acceptors (Lipinski definition) is 5. The summed E-state index contributed by atoms with van der Waals surface area (Å²) in [5.74, 6) is 0. The van der Waals surface area contributed by atoms with Crippen molar-refractivity contribution in [1.82, 2.24) is 10.2 Å². The lowest BCUT2D eigenvalue weighted by Gasteiger charge is -2.37. The first kappa shape index (κ1) is 16.9. The van der Waals surface area contributed by atoms with Crippen molar-refractivity contribution < 1.29 is 0 Å². The predicted molar refractivity (Wildman–Crippen MR) is 92.5 cm³/mol. The van der Waals surface area contributed by atoms with E-state index in [-0.39, 0.29) is 6.17 Å². The molecule has 124 valence electrons. The van der Waals surface area contributed by atoms with Crippen LogP contribution in [0.25, 0.3) is 0 Å². The third kappa shape index (κ3) is 3.84. The Morgan fingerprint density at radius 2 is 2.05 bits per heavy atom. The van der Waals surface area contributed by atoms with Gasteiger partial charge in [0.15, 0.2) is 0 Å². The Labute approximate surface area is 134 Å². The number of rotatable bonds is 8. The van der Waals surface area contributed by atoms with Crippen LogP contribution in [0.5, 0.6) is 0 Å². The third-order valence-corrected chi connectivity index (χ3v) is 4.34. The van der Waals surface area contributed by atoms with Crippen LogP contribution in [0.1, 0.15) is 45.4 Å². The van der Waals surface area contributed by atoms with E-state index in [0.717, 1.165) is 43.7 Å². The van der Waals surface area contributed by atoms with Gasteiger partial charge in [-0.1, -0.05) is 31.9 Å². The molecule has 0 amide bonds. The topological polar surface area (TPSA) is 93.3 Å². The maximum Gasteiger partial charge on any atom is 0.117 e. The number of nitrogens with two attached hydrogens (primary N) is 3. The molecule has 7 N–H and O–H groups in total. The summed E-state index contributed by atoms with van der Waals surface area (Å²) in [5, 5.41) is 3.35. The summed E-state index contributed by atoms with van der Waals surface area (Å²) < 4.78 is 0. The second kappa shape index (κ2) is 8.25. The van der Waals surface area contributed by atoms with Gasteiger partial charge in [0.05, 0.1) is 11.4 Å². The SMILES string of the molecule is CCCCCN(CCCN)C1=C(N)C(N)NC2=C1C=CCC2. The van der Waals surface area contributed by atoms with E-state index in [2.05, 4.69) is 29.3 Å². The molecule has 0 saturated carbocycles. The highest BCUT2D eigenvalue weighted by molar-refractivity contribution is 5.50. The maximum absolute atomic E-state index is 6.36. The number of dihydropyridines is 1. The number of nitrogens with zero attached hydrogens (tertiary/aromatic N) is 1. The van der Waals surface area contributed by atoms with Gasteiger partial charge in [-0.05, 0) is 32.2 Å². The minimum absolute atomic E-state index is 0.285. The highest BCUT2D eigenvalue weighted by Crippen LogP contribution is 2.31. The van der Waals surface area contributed by atoms with E-state index < -0.39 is 0 Å². The summed E-state index contributed by atoms with van der Waals surface area (Å²) >= 11 is 0. The molecule has 1 aliphatic carbocycles. The molecule has 0 aromatic heterocycles. The molecule has 5 nitrogen and oxygen atoms in total. The summed E-state index contributed by atoms with van der Waals surface area (Å²) in [6.07, 6.45) is 10.8. The molecular weight excluding hydrogens is 274 g/mol. The highest BCUT2D eigenvalue weighted by Gasteiger charge is 2.28. The van der Waals surface area contributed by atoms with E-state index in [1.807, 2.05) is 0 Å². The molecule has 2 aliphatic rings. The van der Waals surface area contributed by atoms with Crippen molar-refractivity contribution in [3.63, 3.8) is 0 Å². The zero-order valence-electron chi connectivity index (χ0n) is 13.8. The first-order valence-corrected chi connectivity index (χ1v) is 8.55. The fourth-order valence-electron chi connectivity index (χ4n) is 3.13. The number of hydrogen-bond donors (Lipinski definition) is 4. The van der Waals surface area contributed by atoms with E-state index in [1.165, 1.54) is 30.5 Å². The lowest BCUT2D eigenvalue weighted by molar-refractivity contribution is 0.326. The minimum Gasteiger partial charge on any atom is -0.398 e. The molecule has 1 heterocycles. The Kier molecular flexibility index (Phi) is 6.34. The molecule has 0 bridgehead atoms. The number of unbranched alkanes of at least 4 members (excludes halogenated alkanes) is 2. The molecule has 0 radical (unpaired) electrons. The summed E-state index contributed by atoms with van der Waals surface area (Å²) in [5.41, 5.74) is 22.6. The molecular formula is C17H31N5. The molecule has 0 aromatic rings. The van der Waals surface area contributed by atoms with Crippen LogP contribution in [0.3, 0.4) is 0 Å². The van der Waals surface area contributed by atoms with E-state index >= 15 is 0 Å². The van der Waals surface area contributed by atoms with Crippen molar-refractivity contribution in [2.45, 2.75) is 51.6 Å². The lowest BCUT2D eigenvalue weighted by Crippen LogP contribution is -2.48. The first-order chi connectivity index (χ1) is 10.7. The highest BCUT2D eigenvalue weighted by atomic mass is 15.2. The van der Waals surface area contributed by atoms with Crippen LogP contribution in [-0.4, -0.2) is 30.7 Å². The van der Waals surface area contributed by atoms with Crippen molar-refractivity contribution in [3.05, 3.63) is 34.8 Å². The molecule has 22 heavy (non-hydrogen) atoms. The molecule has 0 aromatic carbocycles. The van der Waals surface area contributed by atoms with Crippen LogP contribution in [-0.2, 0) is 0 Å². The molecule has 1 unspecified atom stereocenters. The number of nitrogens with one attached hydrogen (secondary N) is 1. The number of allylic oxidation sites excluding steroid dienone is 3. The average Bonchev–Trinajstić information content (AvgIpc) is 2.53. The molecule has 0 fully saturated rings. The summed E-state index contributed by atoms with van der Waals surface area (Å²) in [7, 11) is 0. The summed E-state index contributed by atoms with van der Waals surface area (Å²) in [4.78, 5) is 2.39. The fraction of sp³-hybridized carbons (Fsp3) is 0.647. The van der Waals surface area contributed by atoms with Crippen LogP contribution >= 0.6 is 0 Å². The Bertz CT molecular complexity index is 464. The Hall–Kier alpha value is -1.46. The van der Waals surface area contributed by atoms with Gasteiger partial charge in [0.25, 0.3) is 0 Å². The lowest BCUT2D eigenvalue weighted by atomic mass is 9.94. The van der Waals surface area contributed by atoms with Gasteiger partial charge in [0.2, 0.25) is 0 Å². The molecule has 1 aliphatic heterocycles. The van der Waals surface area contributed by atoms with E-state index in [4.69, 9.17) is 17.2 Å². The predicted octanol–water partition coefficient (Wildman–Crippen LogP) is 1.49. The first-order valence-electron chi connectivity index (χ1n) is 8.55. The largest absolute Gasteiger partial charge is 0.398 e.